The van der Waals surface area contributed by atoms with Crippen LogP contribution in [0.15, 0.2) is 29.3 Å². The van der Waals surface area contributed by atoms with E-state index in [2.05, 4.69) is 26.6 Å². The Morgan fingerprint density at radius 1 is 1.32 bits per heavy atom. The van der Waals surface area contributed by atoms with Gasteiger partial charge < -0.3 is 15.5 Å². The van der Waals surface area contributed by atoms with E-state index in [1.807, 2.05) is 32.0 Å². The van der Waals surface area contributed by atoms with Crippen LogP contribution in [-0.2, 0) is 21.1 Å². The van der Waals surface area contributed by atoms with Crippen LogP contribution in [-0.4, -0.2) is 57.5 Å². The molecule has 0 spiro atoms. The van der Waals surface area contributed by atoms with E-state index in [-0.39, 0.29) is 59.9 Å². The summed E-state index contributed by atoms with van der Waals surface area (Å²) in [5.74, 6) is 1.08. The zero-order valence-electron chi connectivity index (χ0n) is 16.3. The molecule has 2 heterocycles. The molecule has 1 amide bonds. The number of fused-ring (bicyclic) bond motifs is 1. The smallest absolute Gasteiger partial charge is 0.242 e. The molecule has 1 aromatic rings. The van der Waals surface area contributed by atoms with Gasteiger partial charge in [-0.05, 0) is 44.2 Å². The van der Waals surface area contributed by atoms with Crippen LogP contribution in [0.3, 0.4) is 0 Å². The topological polar surface area (TPSA) is 90.9 Å². The van der Waals surface area contributed by atoms with Crippen molar-refractivity contribution in [2.75, 3.05) is 36.0 Å². The second kappa shape index (κ2) is 9.91. The Labute approximate surface area is 184 Å². The van der Waals surface area contributed by atoms with Crippen LogP contribution in [0, 0.1) is 5.92 Å². The fourth-order valence-corrected chi connectivity index (χ4v) is 5.44. The Kier molecular flexibility index (Phi) is 8.11. The van der Waals surface area contributed by atoms with E-state index in [0.29, 0.717) is 18.9 Å². The summed E-state index contributed by atoms with van der Waals surface area (Å²) in [6.07, 6.45) is 1.60. The summed E-state index contributed by atoms with van der Waals surface area (Å²) in [6, 6.07) is 8.23. The molecule has 7 nitrogen and oxygen atoms in total. The highest BCUT2D eigenvalue weighted by Crippen LogP contribution is 2.27. The van der Waals surface area contributed by atoms with Crippen LogP contribution in [0.25, 0.3) is 0 Å². The van der Waals surface area contributed by atoms with E-state index in [4.69, 9.17) is 0 Å². The highest BCUT2D eigenvalue weighted by atomic mass is 127. The van der Waals surface area contributed by atoms with Crippen molar-refractivity contribution in [1.29, 1.82) is 0 Å². The molecule has 0 aliphatic carbocycles. The summed E-state index contributed by atoms with van der Waals surface area (Å²) in [5.41, 5.74) is 2.34. The van der Waals surface area contributed by atoms with Crippen LogP contribution in [0.4, 0.5) is 5.69 Å². The molecule has 2 aliphatic rings. The number of hydrogen-bond donors (Lipinski definition) is 2. The van der Waals surface area contributed by atoms with E-state index in [9.17, 15) is 13.2 Å². The lowest BCUT2D eigenvalue weighted by atomic mass is 10.1. The Hall–Kier alpha value is -1.36. The average molecular weight is 520 g/mol. The van der Waals surface area contributed by atoms with Gasteiger partial charge in [0.2, 0.25) is 5.91 Å². The molecular formula is C19H29IN4O3S. The lowest BCUT2D eigenvalue weighted by Crippen LogP contribution is -2.43. The van der Waals surface area contributed by atoms with E-state index in [1.54, 1.807) is 0 Å². The molecule has 1 aromatic carbocycles. The van der Waals surface area contributed by atoms with Gasteiger partial charge in [-0.1, -0.05) is 18.2 Å². The van der Waals surface area contributed by atoms with Crippen molar-refractivity contribution < 1.29 is 13.2 Å². The SMILES string of the molecule is CC(C)NC(=O)CN=C(NCC1CCS(=O)(=O)C1)N1CCc2ccccc21.I. The van der Waals surface area contributed by atoms with E-state index in [1.165, 1.54) is 5.56 Å². The number of nitrogens with one attached hydrogen (secondary N) is 2. The molecule has 1 fully saturated rings. The number of amides is 1. The van der Waals surface area contributed by atoms with Gasteiger partial charge in [0.1, 0.15) is 6.54 Å². The van der Waals surface area contributed by atoms with E-state index >= 15 is 0 Å². The summed E-state index contributed by atoms with van der Waals surface area (Å²) < 4.78 is 23.4. The Bertz CT molecular complexity index is 826. The zero-order chi connectivity index (χ0) is 19.4. The fourth-order valence-electron chi connectivity index (χ4n) is 3.58. The van der Waals surface area contributed by atoms with Gasteiger partial charge in [-0.2, -0.15) is 0 Å². The molecule has 1 saturated heterocycles. The number of aliphatic imine (C=N–C) groups is 1. The third-order valence-corrected chi connectivity index (χ3v) is 6.68. The number of guanidine groups is 1. The molecule has 0 saturated carbocycles. The van der Waals surface area contributed by atoms with Gasteiger partial charge in [0, 0.05) is 24.8 Å². The first-order chi connectivity index (χ1) is 12.8. The maximum absolute atomic E-state index is 12.0. The normalized spacial score (nSPS) is 20.6. The van der Waals surface area contributed by atoms with Crippen LogP contribution < -0.4 is 15.5 Å². The standard InChI is InChI=1S/C19H28N4O3S.HI/c1-14(2)22-18(24)12-21-19(20-11-15-8-10-27(25,26)13-15)23-9-7-16-5-3-4-6-17(16)23;/h3-6,14-15H,7-13H2,1-2H3,(H,20,21)(H,22,24);1H. The highest BCUT2D eigenvalue weighted by Gasteiger charge is 2.29. The maximum Gasteiger partial charge on any atom is 0.242 e. The van der Waals surface area contributed by atoms with Crippen molar-refractivity contribution in [1.82, 2.24) is 10.6 Å². The second-order valence-corrected chi connectivity index (χ2v) is 9.77. The Balaban J connectivity index is 0.00000280. The number of nitrogens with zero attached hydrogens (tertiary/aromatic N) is 2. The first-order valence-corrected chi connectivity index (χ1v) is 11.3. The van der Waals surface area contributed by atoms with Crippen LogP contribution in [0.2, 0.25) is 0 Å². The minimum Gasteiger partial charge on any atom is -0.356 e. The lowest BCUT2D eigenvalue weighted by Gasteiger charge is -2.24. The Morgan fingerprint density at radius 3 is 2.75 bits per heavy atom. The molecule has 28 heavy (non-hydrogen) atoms. The van der Waals surface area contributed by atoms with Crippen LogP contribution in [0.5, 0.6) is 0 Å². The van der Waals surface area contributed by atoms with Crippen molar-refractivity contribution >= 4 is 51.4 Å². The summed E-state index contributed by atoms with van der Waals surface area (Å²) in [5, 5.41) is 6.17. The molecule has 3 rings (SSSR count). The highest BCUT2D eigenvalue weighted by molar-refractivity contribution is 14.0. The monoisotopic (exact) mass is 520 g/mol. The van der Waals surface area contributed by atoms with Crippen molar-refractivity contribution in [3.63, 3.8) is 0 Å². The number of hydrogen-bond acceptors (Lipinski definition) is 4. The first kappa shape index (κ1) is 22.9. The molecule has 2 aliphatic heterocycles. The summed E-state index contributed by atoms with van der Waals surface area (Å²) in [6.45, 7) is 5.21. The summed E-state index contributed by atoms with van der Waals surface area (Å²) >= 11 is 0. The molecule has 1 unspecified atom stereocenters. The zero-order valence-corrected chi connectivity index (χ0v) is 19.5. The second-order valence-electron chi connectivity index (χ2n) is 7.54. The number of halogens is 1. The van der Waals surface area contributed by atoms with Gasteiger partial charge in [-0.3, -0.25) is 4.79 Å². The third kappa shape index (κ3) is 6.07. The molecule has 0 bridgehead atoms. The van der Waals surface area contributed by atoms with Gasteiger partial charge >= 0.3 is 0 Å². The fraction of sp³-hybridized carbons (Fsp3) is 0.579. The lowest BCUT2D eigenvalue weighted by molar-refractivity contribution is -0.120. The molecular weight excluding hydrogens is 491 g/mol. The van der Waals surface area contributed by atoms with Crippen molar-refractivity contribution in [3.05, 3.63) is 29.8 Å². The minimum absolute atomic E-state index is 0. The summed E-state index contributed by atoms with van der Waals surface area (Å²) in [7, 11) is -2.91. The van der Waals surface area contributed by atoms with Gasteiger partial charge in [0.15, 0.2) is 15.8 Å². The number of para-hydroxylation sites is 1. The van der Waals surface area contributed by atoms with E-state index < -0.39 is 9.84 Å². The van der Waals surface area contributed by atoms with Gasteiger partial charge in [-0.15, -0.1) is 24.0 Å². The predicted molar refractivity (Wildman–Crippen MR) is 123 cm³/mol. The number of benzene rings is 1. The predicted octanol–water partition coefficient (Wildman–Crippen LogP) is 1.57. The largest absolute Gasteiger partial charge is 0.356 e. The first-order valence-electron chi connectivity index (χ1n) is 9.47. The van der Waals surface area contributed by atoms with Crippen molar-refractivity contribution in [2.24, 2.45) is 10.9 Å². The third-order valence-electron chi connectivity index (χ3n) is 4.84. The molecule has 9 heteroatoms. The molecule has 2 N–H and O–H groups in total. The van der Waals surface area contributed by atoms with Crippen LogP contribution >= 0.6 is 24.0 Å². The molecule has 0 aromatic heterocycles. The van der Waals surface area contributed by atoms with Crippen molar-refractivity contribution in [2.45, 2.75) is 32.7 Å². The van der Waals surface area contributed by atoms with E-state index in [0.717, 1.165) is 18.7 Å². The summed E-state index contributed by atoms with van der Waals surface area (Å²) in [4.78, 5) is 18.6. The number of carbonyl (C=O) groups excluding carboxylic acids is 1. The average Bonchev–Trinajstić information content (AvgIpc) is 3.17. The van der Waals surface area contributed by atoms with Crippen LogP contribution in [0.1, 0.15) is 25.8 Å². The molecule has 156 valence electrons. The quantitative estimate of drug-likeness (QED) is 0.350. The molecule has 1 atom stereocenters. The van der Waals surface area contributed by atoms with Gasteiger partial charge in [0.25, 0.3) is 0 Å². The Morgan fingerprint density at radius 2 is 2.07 bits per heavy atom. The van der Waals surface area contributed by atoms with Gasteiger partial charge in [-0.25, -0.2) is 13.4 Å². The minimum atomic E-state index is -2.91. The number of carbonyl (C=O) groups is 1. The van der Waals surface area contributed by atoms with Crippen molar-refractivity contribution in [3.8, 4) is 0 Å². The maximum atomic E-state index is 12.0. The number of anilines is 1. The van der Waals surface area contributed by atoms with Gasteiger partial charge in [0.05, 0.1) is 11.5 Å². The number of rotatable bonds is 5. The number of sulfone groups is 1. The molecule has 0 radical (unpaired) electrons.